The largest absolute Gasteiger partial charge is 0.369 e. The summed E-state index contributed by atoms with van der Waals surface area (Å²) in [7, 11) is 0. The second-order valence-corrected chi connectivity index (χ2v) is 6.21. The van der Waals surface area contributed by atoms with Crippen molar-refractivity contribution in [3.63, 3.8) is 0 Å². The van der Waals surface area contributed by atoms with Crippen molar-refractivity contribution in [3.05, 3.63) is 46.4 Å². The fraction of sp³-hybridized carbons (Fsp3) is 0.312. The number of anilines is 1. The van der Waals surface area contributed by atoms with Crippen molar-refractivity contribution < 1.29 is 4.79 Å². The molecule has 1 aliphatic carbocycles. The Labute approximate surface area is 142 Å². The predicted molar refractivity (Wildman–Crippen MR) is 90.7 cm³/mol. The number of nitrogens with one attached hydrogen (secondary N) is 2. The predicted octanol–water partition coefficient (Wildman–Crippen LogP) is 0.159. The highest BCUT2D eigenvalue weighted by molar-refractivity contribution is 5.77. The van der Waals surface area contributed by atoms with E-state index in [2.05, 4.69) is 25.5 Å². The number of benzene rings is 1. The Morgan fingerprint density at radius 1 is 1.28 bits per heavy atom. The summed E-state index contributed by atoms with van der Waals surface area (Å²) in [6.45, 7) is 0.0754. The summed E-state index contributed by atoms with van der Waals surface area (Å²) in [4.78, 5) is 31.5. The second kappa shape index (κ2) is 6.00. The molecule has 4 N–H and O–H groups in total. The van der Waals surface area contributed by atoms with Gasteiger partial charge in [-0.1, -0.05) is 12.1 Å². The molecule has 0 spiro atoms. The van der Waals surface area contributed by atoms with E-state index in [-0.39, 0.29) is 35.9 Å². The molecular weight excluding hydrogens is 322 g/mol. The van der Waals surface area contributed by atoms with Crippen molar-refractivity contribution in [2.45, 2.75) is 31.3 Å². The van der Waals surface area contributed by atoms with Crippen LogP contribution in [0.1, 0.15) is 24.5 Å². The molecule has 0 bridgehead atoms. The average molecular weight is 339 g/mol. The maximum atomic E-state index is 12.1. The number of aromatic nitrogens is 5. The number of H-pyrrole nitrogens is 1. The van der Waals surface area contributed by atoms with Crippen LogP contribution in [0, 0.1) is 0 Å². The van der Waals surface area contributed by atoms with Gasteiger partial charge in [-0.05, 0) is 25.0 Å². The Morgan fingerprint density at radius 2 is 1.96 bits per heavy atom. The van der Waals surface area contributed by atoms with Gasteiger partial charge in [-0.25, -0.2) is 4.98 Å². The molecule has 4 rings (SSSR count). The molecule has 1 aromatic carbocycles. The van der Waals surface area contributed by atoms with Gasteiger partial charge in [-0.15, -0.1) is 0 Å². The van der Waals surface area contributed by atoms with E-state index in [1.54, 1.807) is 0 Å². The van der Waals surface area contributed by atoms with Crippen LogP contribution in [0.4, 0.5) is 5.95 Å². The normalized spacial score (nSPS) is 19.5. The van der Waals surface area contributed by atoms with Crippen molar-refractivity contribution in [2.24, 2.45) is 0 Å². The number of carbonyl (C=O) groups excluding carboxylic acids is 1. The van der Waals surface area contributed by atoms with Crippen molar-refractivity contribution in [3.8, 4) is 0 Å². The van der Waals surface area contributed by atoms with Crippen molar-refractivity contribution >= 4 is 22.9 Å². The van der Waals surface area contributed by atoms with Crippen LogP contribution in [0.25, 0.3) is 11.0 Å². The SMILES string of the molecule is Nc1nc(C2CC(NC(=O)Cn3nc4ccccc4n3)C2)cc(=O)[nH]1. The third-order valence-electron chi connectivity index (χ3n) is 4.31. The molecule has 2 heterocycles. The van der Waals surface area contributed by atoms with Gasteiger partial charge in [0.2, 0.25) is 11.9 Å². The number of amides is 1. The fourth-order valence-corrected chi connectivity index (χ4v) is 3.06. The Kier molecular flexibility index (Phi) is 3.68. The number of nitrogen functional groups attached to an aromatic ring is 1. The van der Waals surface area contributed by atoms with Crippen LogP contribution in [-0.2, 0) is 11.3 Å². The molecular formula is C16H17N7O2. The number of hydrogen-bond acceptors (Lipinski definition) is 6. The number of aromatic amines is 1. The number of rotatable bonds is 4. The first-order chi connectivity index (χ1) is 12.1. The first-order valence-corrected chi connectivity index (χ1v) is 8.03. The lowest BCUT2D eigenvalue weighted by molar-refractivity contribution is -0.123. The van der Waals surface area contributed by atoms with E-state index in [1.165, 1.54) is 10.9 Å². The van der Waals surface area contributed by atoms with Gasteiger partial charge in [0.05, 0.1) is 5.69 Å². The van der Waals surface area contributed by atoms with Crippen LogP contribution in [-0.4, -0.2) is 36.9 Å². The minimum absolute atomic E-state index is 0.0600. The van der Waals surface area contributed by atoms with Gasteiger partial charge in [0.25, 0.3) is 5.56 Å². The number of fused-ring (bicyclic) bond motifs is 1. The summed E-state index contributed by atoms with van der Waals surface area (Å²) in [6, 6.07) is 8.99. The smallest absolute Gasteiger partial charge is 0.252 e. The fourth-order valence-electron chi connectivity index (χ4n) is 3.06. The van der Waals surface area contributed by atoms with Gasteiger partial charge >= 0.3 is 0 Å². The van der Waals surface area contributed by atoms with Crippen LogP contribution in [0.2, 0.25) is 0 Å². The molecule has 1 aliphatic rings. The lowest BCUT2D eigenvalue weighted by atomic mass is 9.78. The van der Waals surface area contributed by atoms with Crippen molar-refractivity contribution in [2.75, 3.05) is 5.73 Å². The Hall–Kier alpha value is -3.23. The first-order valence-electron chi connectivity index (χ1n) is 8.03. The number of nitrogens with zero attached hydrogens (tertiary/aromatic N) is 4. The second-order valence-electron chi connectivity index (χ2n) is 6.21. The maximum Gasteiger partial charge on any atom is 0.252 e. The van der Waals surface area contributed by atoms with E-state index in [9.17, 15) is 9.59 Å². The number of carbonyl (C=O) groups is 1. The quantitative estimate of drug-likeness (QED) is 0.620. The van der Waals surface area contributed by atoms with Gasteiger partial charge < -0.3 is 11.1 Å². The molecule has 0 aliphatic heterocycles. The van der Waals surface area contributed by atoms with Crippen LogP contribution in [0.3, 0.4) is 0 Å². The zero-order valence-electron chi connectivity index (χ0n) is 13.3. The molecule has 1 saturated carbocycles. The van der Waals surface area contributed by atoms with Crippen LogP contribution in [0.5, 0.6) is 0 Å². The molecule has 9 heteroatoms. The molecule has 9 nitrogen and oxygen atoms in total. The minimum Gasteiger partial charge on any atom is -0.369 e. The van der Waals surface area contributed by atoms with Crippen LogP contribution < -0.4 is 16.6 Å². The Bertz CT molecular complexity index is 954. The van der Waals surface area contributed by atoms with Crippen molar-refractivity contribution in [1.29, 1.82) is 0 Å². The van der Waals surface area contributed by atoms with Crippen LogP contribution in [0.15, 0.2) is 35.1 Å². The summed E-state index contributed by atoms with van der Waals surface area (Å²) in [5.41, 5.74) is 7.49. The van der Waals surface area contributed by atoms with Gasteiger partial charge in [0.1, 0.15) is 17.6 Å². The number of hydrogen-bond donors (Lipinski definition) is 3. The number of nitrogens with two attached hydrogens (primary N) is 1. The Morgan fingerprint density at radius 3 is 2.60 bits per heavy atom. The third kappa shape index (κ3) is 3.21. The molecule has 0 radical (unpaired) electrons. The summed E-state index contributed by atoms with van der Waals surface area (Å²) in [5, 5.41) is 11.5. The summed E-state index contributed by atoms with van der Waals surface area (Å²) >= 11 is 0. The Balaban J connectivity index is 1.33. The zero-order valence-corrected chi connectivity index (χ0v) is 13.3. The third-order valence-corrected chi connectivity index (χ3v) is 4.31. The van der Waals surface area contributed by atoms with Gasteiger partial charge in [-0.3, -0.25) is 14.6 Å². The van der Waals surface area contributed by atoms with Gasteiger partial charge in [-0.2, -0.15) is 15.0 Å². The average Bonchev–Trinajstić information content (AvgIpc) is 2.91. The lowest BCUT2D eigenvalue weighted by Crippen LogP contribution is -2.45. The van der Waals surface area contributed by atoms with Crippen molar-refractivity contribution in [1.82, 2.24) is 30.3 Å². The van der Waals surface area contributed by atoms with Gasteiger partial charge in [0, 0.05) is 18.0 Å². The van der Waals surface area contributed by atoms with E-state index in [1.807, 2.05) is 24.3 Å². The summed E-state index contributed by atoms with van der Waals surface area (Å²) in [6.07, 6.45) is 1.46. The zero-order chi connectivity index (χ0) is 17.4. The highest BCUT2D eigenvalue weighted by Crippen LogP contribution is 2.35. The summed E-state index contributed by atoms with van der Waals surface area (Å²) < 4.78 is 0. The molecule has 1 amide bonds. The highest BCUT2D eigenvalue weighted by atomic mass is 16.2. The minimum atomic E-state index is -0.258. The highest BCUT2D eigenvalue weighted by Gasteiger charge is 2.32. The topological polar surface area (TPSA) is 132 Å². The summed E-state index contributed by atoms with van der Waals surface area (Å²) in [5.74, 6) is 0.120. The standard InChI is InChI=1S/C16H17N7O2/c17-16-19-13(7-14(24)20-16)9-5-10(6-9)18-15(25)8-23-21-11-3-1-2-4-12(11)22-23/h1-4,7,9-10H,5-6,8H2,(H,18,25)(H3,17,19,20,24). The molecule has 128 valence electrons. The van der Waals surface area contributed by atoms with E-state index in [4.69, 9.17) is 5.73 Å². The van der Waals surface area contributed by atoms with E-state index < -0.39 is 0 Å². The van der Waals surface area contributed by atoms with E-state index in [0.717, 1.165) is 23.9 Å². The molecule has 25 heavy (non-hydrogen) atoms. The molecule has 3 aromatic rings. The molecule has 0 saturated heterocycles. The molecule has 1 fully saturated rings. The molecule has 0 atom stereocenters. The maximum absolute atomic E-state index is 12.1. The van der Waals surface area contributed by atoms with E-state index in [0.29, 0.717) is 5.69 Å². The molecule has 2 aromatic heterocycles. The monoisotopic (exact) mass is 339 g/mol. The molecule has 0 unspecified atom stereocenters. The van der Waals surface area contributed by atoms with Gasteiger partial charge in [0.15, 0.2) is 0 Å². The lowest BCUT2D eigenvalue weighted by Gasteiger charge is -2.35. The van der Waals surface area contributed by atoms with E-state index >= 15 is 0 Å². The first kappa shape index (κ1) is 15.3. The van der Waals surface area contributed by atoms with Crippen LogP contribution >= 0.6 is 0 Å².